The van der Waals surface area contributed by atoms with Crippen LogP contribution in [0.15, 0.2) is 12.1 Å². The van der Waals surface area contributed by atoms with Gasteiger partial charge < -0.3 is 10.2 Å². The zero-order chi connectivity index (χ0) is 13.7. The number of nitrogens with one attached hydrogen (secondary N) is 2. The standard InChI is InChI=1S/2C5H6N2O2/c2*1-3-2-4(5(8)9)7-6-3/h2*2H,1H3,(H,6,7)(H,8,9). The molecule has 0 amide bonds. The Bertz CT molecular complexity index is 507. The topological polar surface area (TPSA) is 132 Å². The van der Waals surface area contributed by atoms with Gasteiger partial charge in [-0.15, -0.1) is 0 Å². The van der Waals surface area contributed by atoms with Gasteiger partial charge in [-0.05, 0) is 26.0 Å². The van der Waals surface area contributed by atoms with E-state index in [9.17, 15) is 9.59 Å². The van der Waals surface area contributed by atoms with Crippen molar-refractivity contribution >= 4 is 11.9 Å². The summed E-state index contributed by atoms with van der Waals surface area (Å²) in [6.45, 7) is 3.45. The van der Waals surface area contributed by atoms with E-state index in [1.807, 2.05) is 0 Å². The van der Waals surface area contributed by atoms with Crippen molar-refractivity contribution in [2.45, 2.75) is 13.8 Å². The van der Waals surface area contributed by atoms with Gasteiger partial charge in [0, 0.05) is 0 Å². The average molecular weight is 252 g/mol. The third kappa shape index (κ3) is 3.74. The van der Waals surface area contributed by atoms with Crippen molar-refractivity contribution in [3.63, 3.8) is 0 Å². The van der Waals surface area contributed by atoms with Crippen molar-refractivity contribution in [3.8, 4) is 0 Å². The van der Waals surface area contributed by atoms with E-state index in [0.717, 1.165) is 0 Å². The first-order valence-electron chi connectivity index (χ1n) is 4.90. The van der Waals surface area contributed by atoms with E-state index in [1.54, 1.807) is 13.8 Å². The minimum absolute atomic E-state index is 0.132. The molecule has 0 radical (unpaired) electrons. The van der Waals surface area contributed by atoms with Gasteiger partial charge in [0.05, 0.1) is 11.4 Å². The van der Waals surface area contributed by atoms with Gasteiger partial charge >= 0.3 is 11.9 Å². The van der Waals surface area contributed by atoms with Crippen LogP contribution < -0.4 is 0 Å². The molecule has 0 spiro atoms. The predicted octanol–water partition coefficient (Wildman–Crippen LogP) is 0.833. The summed E-state index contributed by atoms with van der Waals surface area (Å²) in [6, 6.07) is 2.95. The number of hydrogen-bond acceptors (Lipinski definition) is 4. The lowest BCUT2D eigenvalue weighted by Gasteiger charge is -1.79. The summed E-state index contributed by atoms with van der Waals surface area (Å²) in [6.07, 6.45) is 0. The number of aromatic nitrogens is 4. The van der Waals surface area contributed by atoms with Crippen LogP contribution in [0.5, 0.6) is 0 Å². The van der Waals surface area contributed by atoms with Crippen LogP contribution in [0, 0.1) is 13.8 Å². The van der Waals surface area contributed by atoms with Crippen molar-refractivity contribution in [1.82, 2.24) is 20.4 Å². The first-order valence-corrected chi connectivity index (χ1v) is 4.90. The first-order chi connectivity index (χ1) is 8.40. The third-order valence-corrected chi connectivity index (χ3v) is 1.87. The Morgan fingerprint density at radius 2 is 1.28 bits per heavy atom. The molecule has 0 bridgehead atoms. The van der Waals surface area contributed by atoms with Crippen molar-refractivity contribution in [3.05, 3.63) is 34.9 Å². The van der Waals surface area contributed by atoms with E-state index in [4.69, 9.17) is 10.2 Å². The van der Waals surface area contributed by atoms with Crippen molar-refractivity contribution in [2.75, 3.05) is 0 Å². The summed E-state index contributed by atoms with van der Waals surface area (Å²) in [5.74, 6) is -1.95. The van der Waals surface area contributed by atoms with Crippen LogP contribution in [0.3, 0.4) is 0 Å². The van der Waals surface area contributed by atoms with Gasteiger partial charge in [-0.25, -0.2) is 9.59 Å². The Balaban J connectivity index is 0.000000180. The summed E-state index contributed by atoms with van der Waals surface area (Å²) in [4.78, 5) is 20.3. The van der Waals surface area contributed by atoms with E-state index in [2.05, 4.69) is 20.4 Å². The molecule has 0 aliphatic rings. The maximum absolute atomic E-state index is 10.1. The van der Waals surface area contributed by atoms with Crippen LogP contribution in [0.2, 0.25) is 0 Å². The normalized spacial score (nSPS) is 9.44. The van der Waals surface area contributed by atoms with Crippen LogP contribution >= 0.6 is 0 Å². The molecule has 0 aromatic carbocycles. The maximum atomic E-state index is 10.1. The Morgan fingerprint density at radius 1 is 0.944 bits per heavy atom. The molecule has 18 heavy (non-hydrogen) atoms. The lowest BCUT2D eigenvalue weighted by atomic mass is 10.4. The fourth-order valence-electron chi connectivity index (χ4n) is 1.06. The minimum atomic E-state index is -0.976. The summed E-state index contributed by atoms with van der Waals surface area (Å²) < 4.78 is 0. The Labute approximate surface area is 102 Å². The highest BCUT2D eigenvalue weighted by molar-refractivity contribution is 5.85. The summed E-state index contributed by atoms with van der Waals surface area (Å²) in [5, 5.41) is 28.6. The van der Waals surface area contributed by atoms with Gasteiger partial charge in [-0.1, -0.05) is 0 Å². The molecule has 0 unspecified atom stereocenters. The summed E-state index contributed by atoms with van der Waals surface area (Å²) in [5.41, 5.74) is 1.64. The van der Waals surface area contributed by atoms with E-state index in [0.29, 0.717) is 11.4 Å². The number of aromatic amines is 2. The van der Waals surface area contributed by atoms with Crippen LogP contribution in [-0.4, -0.2) is 42.5 Å². The molecular weight excluding hydrogens is 240 g/mol. The fraction of sp³-hybridized carbons (Fsp3) is 0.200. The number of H-pyrrole nitrogens is 2. The molecule has 0 aliphatic carbocycles. The molecule has 0 fully saturated rings. The largest absolute Gasteiger partial charge is 0.477 e. The molecule has 2 aromatic rings. The molecule has 0 aliphatic heterocycles. The van der Waals surface area contributed by atoms with Gasteiger partial charge in [-0.3, -0.25) is 10.2 Å². The van der Waals surface area contributed by atoms with Gasteiger partial charge in [0.1, 0.15) is 11.4 Å². The number of carbonyl (C=O) groups is 2. The van der Waals surface area contributed by atoms with Gasteiger partial charge in [-0.2, -0.15) is 10.2 Å². The van der Waals surface area contributed by atoms with Crippen LogP contribution in [0.4, 0.5) is 0 Å². The van der Waals surface area contributed by atoms with Crippen molar-refractivity contribution in [2.24, 2.45) is 0 Å². The molecule has 0 saturated heterocycles. The maximum Gasteiger partial charge on any atom is 0.353 e. The van der Waals surface area contributed by atoms with E-state index >= 15 is 0 Å². The average Bonchev–Trinajstić information content (AvgIpc) is 2.88. The minimum Gasteiger partial charge on any atom is -0.477 e. The number of aryl methyl sites for hydroxylation is 2. The SMILES string of the molecule is Cc1cc(C(=O)O)[nH]n1.Cc1cc(C(=O)O)[nH]n1. The predicted molar refractivity (Wildman–Crippen MR) is 60.6 cm³/mol. The lowest BCUT2D eigenvalue weighted by molar-refractivity contribution is 0.0679. The monoisotopic (exact) mass is 252 g/mol. The zero-order valence-electron chi connectivity index (χ0n) is 9.76. The number of carboxylic acids is 2. The highest BCUT2D eigenvalue weighted by atomic mass is 16.4. The molecule has 2 rings (SSSR count). The molecule has 4 N–H and O–H groups in total. The fourth-order valence-corrected chi connectivity index (χ4v) is 1.06. The molecule has 0 saturated carbocycles. The second-order valence-corrected chi connectivity index (χ2v) is 3.46. The Kier molecular flexibility index (Phi) is 4.19. The van der Waals surface area contributed by atoms with E-state index in [1.165, 1.54) is 12.1 Å². The van der Waals surface area contributed by atoms with Gasteiger partial charge in [0.2, 0.25) is 0 Å². The number of aromatic carboxylic acids is 2. The lowest BCUT2D eigenvalue weighted by Crippen LogP contribution is -1.95. The highest BCUT2D eigenvalue weighted by Gasteiger charge is 2.03. The van der Waals surface area contributed by atoms with Crippen LogP contribution in [0.1, 0.15) is 32.4 Å². The molecule has 0 atom stereocenters. The smallest absolute Gasteiger partial charge is 0.353 e. The Morgan fingerprint density at radius 3 is 1.39 bits per heavy atom. The Hall–Kier alpha value is -2.64. The number of hydrogen-bond donors (Lipinski definition) is 4. The van der Waals surface area contributed by atoms with E-state index in [-0.39, 0.29) is 11.4 Å². The van der Waals surface area contributed by atoms with Gasteiger partial charge in [0.25, 0.3) is 0 Å². The second-order valence-electron chi connectivity index (χ2n) is 3.46. The highest BCUT2D eigenvalue weighted by Crippen LogP contribution is 1.96. The zero-order valence-corrected chi connectivity index (χ0v) is 9.76. The molecule has 2 aromatic heterocycles. The third-order valence-electron chi connectivity index (χ3n) is 1.87. The first kappa shape index (κ1) is 13.4. The number of carboxylic acid groups (broad SMARTS) is 2. The van der Waals surface area contributed by atoms with Crippen LogP contribution in [-0.2, 0) is 0 Å². The molecule has 2 heterocycles. The van der Waals surface area contributed by atoms with Crippen molar-refractivity contribution in [1.29, 1.82) is 0 Å². The van der Waals surface area contributed by atoms with Crippen molar-refractivity contribution < 1.29 is 19.8 Å². The molecular formula is C10H12N4O4. The number of nitrogens with zero attached hydrogens (tertiary/aromatic N) is 2. The molecule has 96 valence electrons. The van der Waals surface area contributed by atoms with Crippen LogP contribution in [0.25, 0.3) is 0 Å². The quantitative estimate of drug-likeness (QED) is 0.625. The summed E-state index contributed by atoms with van der Waals surface area (Å²) in [7, 11) is 0. The van der Waals surface area contributed by atoms with Gasteiger partial charge in [0.15, 0.2) is 0 Å². The molecule has 8 heteroatoms. The summed E-state index contributed by atoms with van der Waals surface area (Å²) >= 11 is 0. The molecule has 8 nitrogen and oxygen atoms in total. The number of rotatable bonds is 2. The second kappa shape index (κ2) is 5.62. The van der Waals surface area contributed by atoms with E-state index < -0.39 is 11.9 Å².